The number of esters is 1. The first kappa shape index (κ1) is 25.2. The fourth-order valence-electron chi connectivity index (χ4n) is 5.79. The van der Waals surface area contributed by atoms with Gasteiger partial charge in [0.2, 0.25) is 0 Å². The average molecular weight is 485 g/mol. The average Bonchev–Trinajstić information content (AvgIpc) is 3.14. The van der Waals surface area contributed by atoms with Crippen molar-refractivity contribution in [3.8, 4) is 0 Å². The van der Waals surface area contributed by atoms with Gasteiger partial charge in [-0.2, -0.15) is 0 Å². The maximum absolute atomic E-state index is 13.4. The van der Waals surface area contributed by atoms with Crippen LogP contribution in [0.2, 0.25) is 0 Å². The predicted molar refractivity (Wildman–Crippen MR) is 131 cm³/mol. The lowest BCUT2D eigenvalue weighted by Gasteiger charge is -2.33. The number of carbonyl (C=O) groups excluding carboxylic acids is 2. The zero-order valence-electron chi connectivity index (χ0n) is 20.9. The van der Waals surface area contributed by atoms with E-state index in [2.05, 4.69) is 11.6 Å². The van der Waals surface area contributed by atoms with E-state index in [1.54, 1.807) is 7.05 Å². The molecule has 0 spiro atoms. The standard InChI is InChI=1S/C27H36N2O6/c1-17(30)35-16-21(6-9-26(31)32)28(2)27(33)20-5-8-25-23(15-20)22-14-19(4-7-24(22)29(25)3)18-10-12-34-13-11-18/h5,8,15,18-19,21H,4,6-7,9-14,16H2,1-3H3,(H,31,32)/t19?,21-/m0/s1. The second-order valence-corrected chi connectivity index (χ2v) is 9.97. The van der Waals surface area contributed by atoms with Crippen LogP contribution in [0.1, 0.15) is 60.6 Å². The van der Waals surface area contributed by atoms with Crippen molar-refractivity contribution in [2.75, 3.05) is 26.9 Å². The van der Waals surface area contributed by atoms with Gasteiger partial charge in [-0.1, -0.05) is 0 Å². The van der Waals surface area contributed by atoms with Crippen molar-refractivity contribution < 1.29 is 29.0 Å². The van der Waals surface area contributed by atoms with Crippen LogP contribution in [-0.4, -0.2) is 65.3 Å². The molecule has 2 aromatic rings. The molecule has 2 aliphatic rings. The number of rotatable bonds is 8. The number of ether oxygens (including phenoxy) is 2. The van der Waals surface area contributed by atoms with Crippen LogP contribution in [0.4, 0.5) is 0 Å². The Morgan fingerprint density at radius 2 is 1.94 bits per heavy atom. The first-order valence-corrected chi connectivity index (χ1v) is 12.6. The highest BCUT2D eigenvalue weighted by molar-refractivity contribution is 5.99. The van der Waals surface area contributed by atoms with E-state index in [1.165, 1.54) is 29.5 Å². The summed E-state index contributed by atoms with van der Waals surface area (Å²) in [5.74, 6) is -0.274. The summed E-state index contributed by atoms with van der Waals surface area (Å²) in [5.41, 5.74) is 4.40. The van der Waals surface area contributed by atoms with Gasteiger partial charge in [0.05, 0.1) is 6.04 Å². The maximum atomic E-state index is 13.4. The van der Waals surface area contributed by atoms with E-state index >= 15 is 0 Å². The first-order valence-electron chi connectivity index (χ1n) is 12.6. The maximum Gasteiger partial charge on any atom is 0.303 e. The largest absolute Gasteiger partial charge is 0.481 e. The van der Waals surface area contributed by atoms with Gasteiger partial charge in [-0.05, 0) is 74.1 Å². The van der Waals surface area contributed by atoms with Gasteiger partial charge < -0.3 is 24.0 Å². The zero-order chi connectivity index (χ0) is 25.1. The van der Waals surface area contributed by atoms with Crippen molar-refractivity contribution in [2.24, 2.45) is 18.9 Å². The number of carboxylic acids is 1. The zero-order valence-corrected chi connectivity index (χ0v) is 20.9. The Labute approximate surface area is 206 Å². The number of benzene rings is 1. The molecule has 2 atom stereocenters. The lowest BCUT2D eigenvalue weighted by Crippen LogP contribution is -2.40. The van der Waals surface area contributed by atoms with E-state index in [1.807, 2.05) is 18.2 Å². The molecule has 2 heterocycles. The number of aromatic nitrogens is 1. The minimum absolute atomic E-state index is 0.0272. The summed E-state index contributed by atoms with van der Waals surface area (Å²) in [5, 5.41) is 10.2. The summed E-state index contributed by atoms with van der Waals surface area (Å²) >= 11 is 0. The van der Waals surface area contributed by atoms with E-state index in [9.17, 15) is 14.4 Å². The van der Waals surface area contributed by atoms with Gasteiger partial charge in [0, 0.05) is 62.8 Å². The monoisotopic (exact) mass is 484 g/mol. The summed E-state index contributed by atoms with van der Waals surface area (Å²) in [4.78, 5) is 37.4. The van der Waals surface area contributed by atoms with Crippen molar-refractivity contribution in [3.05, 3.63) is 35.0 Å². The van der Waals surface area contributed by atoms with Crippen LogP contribution in [0.15, 0.2) is 18.2 Å². The van der Waals surface area contributed by atoms with Crippen LogP contribution in [-0.2, 0) is 39.0 Å². The SMILES string of the molecule is CC(=O)OC[C@H](CCC(=O)O)N(C)C(=O)c1ccc2c(c1)c1c(n2C)CCC(C2CCOCC2)C1. The highest BCUT2D eigenvalue weighted by Crippen LogP contribution is 2.39. The van der Waals surface area contributed by atoms with E-state index in [0.29, 0.717) is 17.4 Å². The van der Waals surface area contributed by atoms with Gasteiger partial charge in [-0.3, -0.25) is 14.4 Å². The molecule has 1 N–H and O–H groups in total. The highest BCUT2D eigenvalue weighted by atomic mass is 16.5. The van der Waals surface area contributed by atoms with Crippen molar-refractivity contribution in [2.45, 2.75) is 57.9 Å². The van der Waals surface area contributed by atoms with E-state index in [-0.39, 0.29) is 25.4 Å². The molecule has 0 radical (unpaired) electrons. The third-order valence-corrected chi connectivity index (χ3v) is 7.87. The Hall–Kier alpha value is -2.87. The molecule has 1 saturated heterocycles. The summed E-state index contributed by atoms with van der Waals surface area (Å²) < 4.78 is 13.0. The van der Waals surface area contributed by atoms with Gasteiger partial charge in [0.15, 0.2) is 0 Å². The molecule has 0 bridgehead atoms. The second kappa shape index (κ2) is 10.8. The number of fused-ring (bicyclic) bond motifs is 3. The van der Waals surface area contributed by atoms with Crippen LogP contribution in [0.5, 0.6) is 0 Å². The lowest BCUT2D eigenvalue weighted by atomic mass is 9.75. The third-order valence-electron chi connectivity index (χ3n) is 7.87. The molecule has 8 heteroatoms. The molecular formula is C27H36N2O6. The lowest BCUT2D eigenvalue weighted by molar-refractivity contribution is -0.142. The molecule has 35 heavy (non-hydrogen) atoms. The molecule has 4 rings (SSSR count). The topological polar surface area (TPSA) is 98.1 Å². The van der Waals surface area contributed by atoms with Gasteiger partial charge >= 0.3 is 11.9 Å². The quantitative estimate of drug-likeness (QED) is 0.575. The molecular weight excluding hydrogens is 448 g/mol. The number of hydrogen-bond donors (Lipinski definition) is 1. The fraction of sp³-hybridized carbons (Fsp3) is 0.593. The molecule has 1 aliphatic carbocycles. The van der Waals surface area contributed by atoms with Gasteiger partial charge in [0.25, 0.3) is 5.91 Å². The van der Waals surface area contributed by atoms with Crippen LogP contribution in [0.25, 0.3) is 10.9 Å². The molecule has 1 fully saturated rings. The number of nitrogens with zero attached hydrogens (tertiary/aromatic N) is 2. The molecule has 1 aromatic heterocycles. The Morgan fingerprint density at radius 1 is 1.20 bits per heavy atom. The number of amides is 1. The number of hydrogen-bond acceptors (Lipinski definition) is 5. The Bertz CT molecular complexity index is 1080. The number of likely N-dealkylation sites (N-methyl/N-ethyl adjacent to an activating group) is 1. The minimum Gasteiger partial charge on any atom is -0.481 e. The van der Waals surface area contributed by atoms with Gasteiger partial charge in [-0.15, -0.1) is 0 Å². The van der Waals surface area contributed by atoms with Crippen molar-refractivity contribution in [1.82, 2.24) is 9.47 Å². The Balaban J connectivity index is 1.59. The predicted octanol–water partition coefficient (Wildman–Crippen LogP) is 3.58. The van der Waals surface area contributed by atoms with Crippen molar-refractivity contribution >= 4 is 28.7 Å². The normalized spacial score (nSPS) is 19.2. The third kappa shape index (κ3) is 5.53. The summed E-state index contributed by atoms with van der Waals surface area (Å²) in [6.45, 7) is 2.98. The summed E-state index contributed by atoms with van der Waals surface area (Å²) in [7, 11) is 3.74. The Kier molecular flexibility index (Phi) is 7.79. The number of carbonyl (C=O) groups is 3. The molecule has 0 saturated carbocycles. The van der Waals surface area contributed by atoms with Gasteiger partial charge in [0.1, 0.15) is 6.61 Å². The van der Waals surface area contributed by atoms with Crippen molar-refractivity contribution in [3.63, 3.8) is 0 Å². The number of aryl methyl sites for hydroxylation is 1. The van der Waals surface area contributed by atoms with E-state index in [4.69, 9.17) is 14.6 Å². The molecule has 8 nitrogen and oxygen atoms in total. The van der Waals surface area contributed by atoms with Crippen LogP contribution in [0, 0.1) is 11.8 Å². The molecule has 1 aliphatic heterocycles. The smallest absolute Gasteiger partial charge is 0.303 e. The van der Waals surface area contributed by atoms with Gasteiger partial charge in [-0.25, -0.2) is 0 Å². The van der Waals surface area contributed by atoms with Crippen LogP contribution < -0.4 is 0 Å². The Morgan fingerprint density at radius 3 is 2.63 bits per heavy atom. The van der Waals surface area contributed by atoms with Crippen LogP contribution in [0.3, 0.4) is 0 Å². The molecule has 1 amide bonds. The fourth-order valence-corrected chi connectivity index (χ4v) is 5.79. The van der Waals surface area contributed by atoms with Crippen molar-refractivity contribution in [1.29, 1.82) is 0 Å². The van der Waals surface area contributed by atoms with Crippen LogP contribution >= 0.6 is 0 Å². The molecule has 1 unspecified atom stereocenters. The minimum atomic E-state index is -0.949. The highest BCUT2D eigenvalue weighted by Gasteiger charge is 2.31. The number of carboxylic acid groups (broad SMARTS) is 1. The van der Waals surface area contributed by atoms with E-state index in [0.717, 1.165) is 49.8 Å². The van der Waals surface area contributed by atoms with E-state index < -0.39 is 18.0 Å². The number of aliphatic carboxylic acids is 1. The summed E-state index contributed by atoms with van der Waals surface area (Å²) in [6.07, 6.45) is 5.61. The second-order valence-electron chi connectivity index (χ2n) is 9.97. The molecule has 190 valence electrons. The summed E-state index contributed by atoms with van der Waals surface area (Å²) in [6, 6.07) is 5.32. The molecule has 1 aromatic carbocycles. The first-order chi connectivity index (χ1) is 16.8.